The average molecular weight is 394 g/mol. The van der Waals surface area contributed by atoms with Gasteiger partial charge in [0.2, 0.25) is 5.43 Å². The number of aromatic nitrogens is 2. The fourth-order valence-corrected chi connectivity index (χ4v) is 3.33. The van der Waals surface area contributed by atoms with Crippen LogP contribution in [-0.2, 0) is 13.6 Å². The molecule has 0 spiro atoms. The van der Waals surface area contributed by atoms with Gasteiger partial charge in [-0.15, -0.1) is 0 Å². The SMILES string of the molecule is Cc1[nH]c(C)c(-c2ccc(C#CCN(C)Cc3cccn3C)cc2)c(=O)c1Cl. The molecule has 0 unspecified atom stereocenters. The molecule has 2 aromatic heterocycles. The van der Waals surface area contributed by atoms with Crippen molar-refractivity contribution in [3.63, 3.8) is 0 Å². The Kier molecular flexibility index (Phi) is 6.08. The van der Waals surface area contributed by atoms with E-state index in [-0.39, 0.29) is 10.5 Å². The number of rotatable bonds is 4. The summed E-state index contributed by atoms with van der Waals surface area (Å²) in [4.78, 5) is 17.8. The van der Waals surface area contributed by atoms with Gasteiger partial charge in [-0.2, -0.15) is 0 Å². The second-order valence-electron chi connectivity index (χ2n) is 7.05. The zero-order chi connectivity index (χ0) is 20.3. The van der Waals surface area contributed by atoms with Crippen LogP contribution in [0.4, 0.5) is 0 Å². The molecule has 2 heterocycles. The second-order valence-corrected chi connectivity index (χ2v) is 7.43. The third kappa shape index (κ3) is 4.39. The average Bonchev–Trinajstić information content (AvgIpc) is 3.06. The van der Waals surface area contributed by atoms with Crippen molar-refractivity contribution in [1.82, 2.24) is 14.5 Å². The monoisotopic (exact) mass is 393 g/mol. The molecule has 0 aliphatic heterocycles. The first-order chi connectivity index (χ1) is 13.4. The van der Waals surface area contributed by atoms with Crippen LogP contribution in [0.15, 0.2) is 47.4 Å². The smallest absolute Gasteiger partial charge is 0.208 e. The summed E-state index contributed by atoms with van der Waals surface area (Å²) < 4.78 is 2.11. The Morgan fingerprint density at radius 1 is 1.14 bits per heavy atom. The van der Waals surface area contributed by atoms with Gasteiger partial charge < -0.3 is 9.55 Å². The minimum Gasteiger partial charge on any atom is -0.361 e. The molecule has 0 aliphatic rings. The highest BCUT2D eigenvalue weighted by atomic mass is 35.5. The van der Waals surface area contributed by atoms with Crippen molar-refractivity contribution in [2.45, 2.75) is 20.4 Å². The normalized spacial score (nSPS) is 10.8. The molecule has 28 heavy (non-hydrogen) atoms. The summed E-state index contributed by atoms with van der Waals surface area (Å²) >= 11 is 6.12. The van der Waals surface area contributed by atoms with E-state index in [0.717, 1.165) is 23.4 Å². The van der Waals surface area contributed by atoms with Crippen molar-refractivity contribution in [3.8, 4) is 23.0 Å². The summed E-state index contributed by atoms with van der Waals surface area (Å²) in [7, 11) is 4.10. The van der Waals surface area contributed by atoms with Gasteiger partial charge in [0.05, 0.1) is 6.54 Å². The highest BCUT2D eigenvalue weighted by Gasteiger charge is 2.12. The molecule has 3 rings (SSSR count). The largest absolute Gasteiger partial charge is 0.361 e. The van der Waals surface area contributed by atoms with E-state index in [9.17, 15) is 4.79 Å². The molecule has 3 aromatic rings. The van der Waals surface area contributed by atoms with E-state index in [4.69, 9.17) is 11.6 Å². The Bertz CT molecular complexity index is 1100. The maximum atomic E-state index is 12.5. The summed E-state index contributed by atoms with van der Waals surface area (Å²) in [6.07, 6.45) is 2.05. The summed E-state index contributed by atoms with van der Waals surface area (Å²) in [6.45, 7) is 5.22. The topological polar surface area (TPSA) is 41.0 Å². The Labute approximate surface area is 170 Å². The zero-order valence-electron chi connectivity index (χ0n) is 16.6. The van der Waals surface area contributed by atoms with Crippen LogP contribution >= 0.6 is 11.6 Å². The molecule has 0 radical (unpaired) electrons. The van der Waals surface area contributed by atoms with Crippen molar-refractivity contribution >= 4 is 11.6 Å². The zero-order valence-corrected chi connectivity index (χ0v) is 17.4. The number of benzene rings is 1. The number of aromatic amines is 1. The number of hydrogen-bond donors (Lipinski definition) is 1. The van der Waals surface area contributed by atoms with E-state index in [1.807, 2.05) is 50.5 Å². The lowest BCUT2D eigenvalue weighted by molar-refractivity contribution is 0.359. The van der Waals surface area contributed by atoms with Crippen LogP contribution in [-0.4, -0.2) is 28.0 Å². The Hall–Kier alpha value is -2.74. The number of nitrogens with zero attached hydrogens (tertiary/aromatic N) is 2. The number of H-pyrrole nitrogens is 1. The van der Waals surface area contributed by atoms with Crippen LogP contribution in [0.5, 0.6) is 0 Å². The van der Waals surface area contributed by atoms with E-state index in [2.05, 4.69) is 39.4 Å². The quantitative estimate of drug-likeness (QED) is 0.677. The van der Waals surface area contributed by atoms with Crippen LogP contribution < -0.4 is 5.43 Å². The molecule has 4 nitrogen and oxygen atoms in total. The number of nitrogens with one attached hydrogen (secondary N) is 1. The van der Waals surface area contributed by atoms with Gasteiger partial charge in [0.15, 0.2) is 0 Å². The summed E-state index contributed by atoms with van der Waals surface area (Å²) in [5.41, 5.74) is 4.98. The molecule has 0 saturated carbocycles. The van der Waals surface area contributed by atoms with Crippen molar-refractivity contribution in [2.75, 3.05) is 13.6 Å². The summed E-state index contributed by atoms with van der Waals surface area (Å²) in [6, 6.07) is 11.9. The minimum atomic E-state index is -0.142. The van der Waals surface area contributed by atoms with Crippen molar-refractivity contribution in [1.29, 1.82) is 0 Å². The standard InChI is InChI=1S/C23H24ClN3O/c1-16-21(23(28)22(24)17(2)25-16)19-11-9-18(10-12-19)7-5-13-26(3)15-20-8-6-14-27(20)4/h6,8-12,14H,13,15H2,1-4H3,(H,25,28). The predicted molar refractivity (Wildman–Crippen MR) is 116 cm³/mol. The van der Waals surface area contributed by atoms with E-state index >= 15 is 0 Å². The van der Waals surface area contributed by atoms with Crippen LogP contribution in [0.1, 0.15) is 22.6 Å². The summed E-state index contributed by atoms with van der Waals surface area (Å²) in [5, 5.41) is 0.241. The van der Waals surface area contributed by atoms with Crippen LogP contribution in [0.2, 0.25) is 5.02 Å². The lowest BCUT2D eigenvalue weighted by Gasteiger charge is -2.13. The molecule has 0 amide bonds. The van der Waals surface area contributed by atoms with Gasteiger partial charge in [-0.25, -0.2) is 0 Å². The lowest BCUT2D eigenvalue weighted by atomic mass is 10.0. The van der Waals surface area contributed by atoms with Crippen LogP contribution in [0.3, 0.4) is 0 Å². The first-order valence-electron chi connectivity index (χ1n) is 9.14. The van der Waals surface area contributed by atoms with E-state index in [1.54, 1.807) is 6.92 Å². The summed E-state index contributed by atoms with van der Waals surface area (Å²) in [5.74, 6) is 6.40. The first kappa shape index (κ1) is 20.0. The molecule has 0 atom stereocenters. The van der Waals surface area contributed by atoms with Gasteiger partial charge in [0.25, 0.3) is 0 Å². The van der Waals surface area contributed by atoms with Gasteiger partial charge in [-0.1, -0.05) is 35.6 Å². The molecule has 0 bridgehead atoms. The first-order valence-corrected chi connectivity index (χ1v) is 9.51. The fourth-order valence-electron chi connectivity index (χ4n) is 3.19. The Morgan fingerprint density at radius 2 is 1.86 bits per heavy atom. The molecule has 1 N–H and O–H groups in total. The highest BCUT2D eigenvalue weighted by Crippen LogP contribution is 2.22. The lowest BCUT2D eigenvalue weighted by Crippen LogP contribution is -2.19. The van der Waals surface area contributed by atoms with Crippen molar-refractivity contribution in [2.24, 2.45) is 7.05 Å². The Balaban J connectivity index is 1.71. The van der Waals surface area contributed by atoms with Gasteiger partial charge in [0.1, 0.15) is 5.02 Å². The van der Waals surface area contributed by atoms with Crippen molar-refractivity contribution in [3.05, 3.63) is 80.5 Å². The molecule has 1 aromatic carbocycles. The van der Waals surface area contributed by atoms with Crippen LogP contribution in [0, 0.1) is 25.7 Å². The predicted octanol–water partition coefficient (Wildman–Crippen LogP) is 4.13. The number of aryl methyl sites for hydroxylation is 3. The molecule has 0 fully saturated rings. The molecule has 0 aliphatic carbocycles. The van der Waals surface area contributed by atoms with E-state index < -0.39 is 0 Å². The van der Waals surface area contributed by atoms with Crippen LogP contribution in [0.25, 0.3) is 11.1 Å². The van der Waals surface area contributed by atoms with Gasteiger partial charge in [0, 0.05) is 48.0 Å². The Morgan fingerprint density at radius 3 is 2.50 bits per heavy atom. The molecular formula is C23H24ClN3O. The molecular weight excluding hydrogens is 370 g/mol. The molecule has 5 heteroatoms. The number of hydrogen-bond acceptors (Lipinski definition) is 2. The maximum absolute atomic E-state index is 12.5. The molecule has 0 saturated heterocycles. The van der Waals surface area contributed by atoms with Gasteiger partial charge in [-0.05, 0) is 50.7 Å². The maximum Gasteiger partial charge on any atom is 0.208 e. The van der Waals surface area contributed by atoms with E-state index in [1.165, 1.54) is 5.69 Å². The number of pyridine rings is 1. The van der Waals surface area contributed by atoms with Crippen molar-refractivity contribution < 1.29 is 0 Å². The van der Waals surface area contributed by atoms with E-state index in [0.29, 0.717) is 17.8 Å². The third-order valence-electron chi connectivity index (χ3n) is 4.74. The highest BCUT2D eigenvalue weighted by molar-refractivity contribution is 6.31. The van der Waals surface area contributed by atoms with Gasteiger partial charge >= 0.3 is 0 Å². The van der Waals surface area contributed by atoms with Gasteiger partial charge in [-0.3, -0.25) is 9.69 Å². The number of halogens is 1. The molecule has 144 valence electrons. The minimum absolute atomic E-state index is 0.142. The fraction of sp³-hybridized carbons (Fsp3) is 0.261. The third-order valence-corrected chi connectivity index (χ3v) is 5.20. The second kappa shape index (κ2) is 8.52.